The van der Waals surface area contributed by atoms with Gasteiger partial charge in [0.05, 0.1) is 0 Å². The summed E-state index contributed by atoms with van der Waals surface area (Å²) in [7, 11) is 1.60. The van der Waals surface area contributed by atoms with Crippen molar-refractivity contribution in [2.45, 2.75) is 38.2 Å². The molecular weight excluding hydrogens is 294 g/mol. The number of hydrogen-bond acceptors (Lipinski definition) is 5. The maximum absolute atomic E-state index is 11.7. The average molecular weight is 314 g/mol. The number of nitrogens with zero attached hydrogens (tertiary/aromatic N) is 1. The lowest BCUT2D eigenvalue weighted by molar-refractivity contribution is -0.144. The number of rotatable bonds is 8. The van der Waals surface area contributed by atoms with Crippen LogP contribution in [0.5, 0.6) is 0 Å². The Morgan fingerprint density at radius 3 is 2.37 bits per heavy atom. The molecule has 1 amide bonds. The molecule has 19 heavy (non-hydrogen) atoms. The Morgan fingerprint density at radius 2 is 1.95 bits per heavy atom. The van der Waals surface area contributed by atoms with Gasteiger partial charge in [0.25, 0.3) is 0 Å². The SMILES string of the molecule is CCOC(CCN1CC(S(=O)(=O)Cl)CC1=O)OCC. The van der Waals surface area contributed by atoms with Gasteiger partial charge in [0.2, 0.25) is 15.0 Å². The molecule has 0 aromatic carbocycles. The van der Waals surface area contributed by atoms with Gasteiger partial charge in [-0.2, -0.15) is 0 Å². The maximum atomic E-state index is 11.7. The Morgan fingerprint density at radius 1 is 1.37 bits per heavy atom. The molecule has 6 nitrogen and oxygen atoms in total. The minimum absolute atomic E-state index is 0.0419. The van der Waals surface area contributed by atoms with Crippen molar-refractivity contribution in [3.63, 3.8) is 0 Å². The highest BCUT2D eigenvalue weighted by atomic mass is 35.7. The van der Waals surface area contributed by atoms with E-state index in [1.165, 1.54) is 4.90 Å². The van der Waals surface area contributed by atoms with Crippen molar-refractivity contribution in [1.29, 1.82) is 0 Å². The van der Waals surface area contributed by atoms with Crippen molar-refractivity contribution < 1.29 is 22.7 Å². The molecule has 0 radical (unpaired) electrons. The van der Waals surface area contributed by atoms with Crippen LogP contribution in [0.3, 0.4) is 0 Å². The molecule has 0 aromatic heterocycles. The highest BCUT2D eigenvalue weighted by molar-refractivity contribution is 8.14. The zero-order valence-corrected chi connectivity index (χ0v) is 12.7. The lowest BCUT2D eigenvalue weighted by Crippen LogP contribution is -2.31. The van der Waals surface area contributed by atoms with Gasteiger partial charge in [0, 0.05) is 49.8 Å². The molecular formula is C11H20ClNO5S. The fourth-order valence-corrected chi connectivity index (χ4v) is 3.05. The summed E-state index contributed by atoms with van der Waals surface area (Å²) in [4.78, 5) is 13.2. The van der Waals surface area contributed by atoms with Gasteiger partial charge in [0.15, 0.2) is 6.29 Å². The van der Waals surface area contributed by atoms with Crippen LogP contribution >= 0.6 is 10.7 Å². The molecule has 1 fully saturated rings. The zero-order chi connectivity index (χ0) is 14.5. The first-order chi connectivity index (χ1) is 8.88. The van der Waals surface area contributed by atoms with Crippen LogP contribution < -0.4 is 0 Å². The molecule has 1 unspecified atom stereocenters. The smallest absolute Gasteiger partial charge is 0.237 e. The summed E-state index contributed by atoms with van der Waals surface area (Å²) in [6, 6.07) is 0. The molecule has 1 aliphatic rings. The van der Waals surface area contributed by atoms with Gasteiger partial charge in [-0.25, -0.2) is 8.42 Å². The molecule has 0 spiro atoms. The van der Waals surface area contributed by atoms with E-state index in [2.05, 4.69) is 0 Å². The van der Waals surface area contributed by atoms with Crippen LogP contribution in [-0.4, -0.2) is 57.1 Å². The molecule has 1 saturated heterocycles. The number of amides is 1. The van der Waals surface area contributed by atoms with Crippen LogP contribution in [-0.2, 0) is 23.3 Å². The van der Waals surface area contributed by atoms with Crippen molar-refractivity contribution in [2.75, 3.05) is 26.3 Å². The molecule has 1 aliphatic heterocycles. The Bertz CT molecular complexity index is 394. The second-order valence-electron chi connectivity index (χ2n) is 4.27. The van der Waals surface area contributed by atoms with Crippen molar-refractivity contribution in [3.8, 4) is 0 Å². The molecule has 0 aliphatic carbocycles. The van der Waals surface area contributed by atoms with E-state index in [1.54, 1.807) is 0 Å². The monoisotopic (exact) mass is 313 g/mol. The van der Waals surface area contributed by atoms with Crippen molar-refractivity contribution in [3.05, 3.63) is 0 Å². The number of likely N-dealkylation sites (tertiary alicyclic amines) is 1. The van der Waals surface area contributed by atoms with Gasteiger partial charge in [0.1, 0.15) is 5.25 Å². The first-order valence-corrected chi connectivity index (χ1v) is 8.70. The van der Waals surface area contributed by atoms with E-state index in [-0.39, 0.29) is 25.2 Å². The molecule has 1 atom stereocenters. The molecule has 1 rings (SSSR count). The topological polar surface area (TPSA) is 72.9 Å². The lowest BCUT2D eigenvalue weighted by atomic mass is 10.3. The van der Waals surface area contributed by atoms with Gasteiger partial charge in [-0.3, -0.25) is 4.79 Å². The number of carbonyl (C=O) groups is 1. The van der Waals surface area contributed by atoms with Crippen molar-refractivity contribution in [2.24, 2.45) is 0 Å². The first kappa shape index (κ1) is 16.7. The third-order valence-electron chi connectivity index (χ3n) is 2.92. The Balaban J connectivity index is 2.47. The predicted octanol–water partition coefficient (Wildman–Crippen LogP) is 0.945. The summed E-state index contributed by atoms with van der Waals surface area (Å²) >= 11 is 0. The van der Waals surface area contributed by atoms with Gasteiger partial charge < -0.3 is 14.4 Å². The molecule has 1 heterocycles. The molecule has 0 bridgehead atoms. The summed E-state index contributed by atoms with van der Waals surface area (Å²) in [6.45, 7) is 5.34. The summed E-state index contributed by atoms with van der Waals surface area (Å²) in [5, 5.41) is -0.806. The van der Waals surface area contributed by atoms with Crippen LogP contribution in [0, 0.1) is 0 Å². The van der Waals surface area contributed by atoms with E-state index < -0.39 is 14.3 Å². The van der Waals surface area contributed by atoms with Crippen LogP contribution in [0.1, 0.15) is 26.7 Å². The quantitative estimate of drug-likeness (QED) is 0.492. The third kappa shape index (κ3) is 5.25. The van der Waals surface area contributed by atoms with E-state index in [9.17, 15) is 13.2 Å². The van der Waals surface area contributed by atoms with E-state index in [4.69, 9.17) is 20.2 Å². The van der Waals surface area contributed by atoms with Crippen LogP contribution in [0.25, 0.3) is 0 Å². The van der Waals surface area contributed by atoms with Crippen LogP contribution in [0.4, 0.5) is 0 Å². The lowest BCUT2D eigenvalue weighted by Gasteiger charge is -2.21. The fraction of sp³-hybridized carbons (Fsp3) is 0.909. The Labute approximate surface area is 118 Å². The van der Waals surface area contributed by atoms with Gasteiger partial charge in [-0.15, -0.1) is 0 Å². The van der Waals surface area contributed by atoms with E-state index in [0.717, 1.165) is 0 Å². The maximum Gasteiger partial charge on any atom is 0.237 e. The van der Waals surface area contributed by atoms with Crippen molar-refractivity contribution in [1.82, 2.24) is 4.90 Å². The van der Waals surface area contributed by atoms with Crippen LogP contribution in [0.15, 0.2) is 0 Å². The largest absolute Gasteiger partial charge is 0.353 e. The first-order valence-electron chi connectivity index (χ1n) is 6.32. The summed E-state index contributed by atoms with van der Waals surface area (Å²) in [5.74, 6) is -0.194. The Kier molecular flexibility index (Phi) is 6.52. The highest BCUT2D eigenvalue weighted by Gasteiger charge is 2.37. The third-order valence-corrected chi connectivity index (χ3v) is 4.78. The predicted molar refractivity (Wildman–Crippen MR) is 71.4 cm³/mol. The highest BCUT2D eigenvalue weighted by Crippen LogP contribution is 2.21. The number of carbonyl (C=O) groups excluding carboxylic acids is 1. The minimum atomic E-state index is -3.68. The molecule has 8 heteroatoms. The summed E-state index contributed by atoms with van der Waals surface area (Å²) in [5.41, 5.74) is 0. The summed E-state index contributed by atoms with van der Waals surface area (Å²) in [6.07, 6.45) is 0.108. The second kappa shape index (κ2) is 7.42. The molecule has 112 valence electrons. The standard InChI is InChI=1S/C11H20ClNO5S/c1-3-17-11(18-4-2)5-6-13-8-9(7-10(13)14)19(12,15)16/h9,11H,3-8H2,1-2H3. The minimum Gasteiger partial charge on any atom is -0.353 e. The van der Waals surface area contributed by atoms with Crippen molar-refractivity contribution >= 4 is 25.6 Å². The number of halogens is 1. The van der Waals surface area contributed by atoms with Gasteiger partial charge >= 0.3 is 0 Å². The Hall–Kier alpha value is -0.370. The average Bonchev–Trinajstić information content (AvgIpc) is 2.68. The fourth-order valence-electron chi connectivity index (χ4n) is 1.99. The molecule has 0 saturated carbocycles. The van der Waals surface area contributed by atoms with Gasteiger partial charge in [-0.05, 0) is 13.8 Å². The molecule has 0 aromatic rings. The second-order valence-corrected chi connectivity index (χ2v) is 7.18. The van der Waals surface area contributed by atoms with Crippen LogP contribution in [0.2, 0.25) is 0 Å². The van der Waals surface area contributed by atoms with Gasteiger partial charge in [-0.1, -0.05) is 0 Å². The van der Waals surface area contributed by atoms with E-state index in [0.29, 0.717) is 26.2 Å². The normalized spacial score (nSPS) is 20.5. The number of hydrogen-bond donors (Lipinski definition) is 0. The number of ether oxygens (including phenoxy) is 2. The molecule has 0 N–H and O–H groups in total. The zero-order valence-electron chi connectivity index (χ0n) is 11.2. The summed E-state index contributed by atoms with van der Waals surface area (Å²) < 4.78 is 33.1. The van der Waals surface area contributed by atoms with E-state index >= 15 is 0 Å². The van der Waals surface area contributed by atoms with E-state index in [1.807, 2.05) is 13.8 Å².